The first-order chi connectivity index (χ1) is 27.3. The number of hydrogen-bond acceptors (Lipinski definition) is 0. The van der Waals surface area contributed by atoms with Crippen molar-refractivity contribution < 1.29 is 0 Å². The van der Waals surface area contributed by atoms with Crippen LogP contribution < -0.4 is 0 Å². The summed E-state index contributed by atoms with van der Waals surface area (Å²) < 4.78 is 0. The topological polar surface area (TPSA) is 0 Å². The molecule has 0 unspecified atom stereocenters. The van der Waals surface area contributed by atoms with Crippen LogP contribution in [0.1, 0.15) is 307 Å². The molecule has 0 nitrogen and oxygen atoms in total. The largest absolute Gasteiger partial charge is 0.0654 e. The smallest absolute Gasteiger partial charge is 0.0273 e. The molecule has 1 radical (unpaired) electrons. The number of rotatable bonds is 46. The van der Waals surface area contributed by atoms with Crippen LogP contribution in [0.15, 0.2) is 18.2 Å². The normalized spacial score (nSPS) is 11.6. The van der Waals surface area contributed by atoms with Crippen molar-refractivity contribution in [2.24, 2.45) is 0 Å². The molecule has 0 fully saturated rings. The fourth-order valence-corrected chi connectivity index (χ4v) is 9.15. The molecule has 323 valence electrons. The van der Waals surface area contributed by atoms with Crippen molar-refractivity contribution in [1.29, 1.82) is 0 Å². The van der Waals surface area contributed by atoms with Crippen LogP contribution in [0.3, 0.4) is 0 Å². The van der Waals surface area contributed by atoms with E-state index in [-0.39, 0.29) is 0 Å². The van der Waals surface area contributed by atoms with Gasteiger partial charge in [0.25, 0.3) is 0 Å². The van der Waals surface area contributed by atoms with Gasteiger partial charge in [0.05, 0.1) is 0 Å². The molecule has 55 heavy (non-hydrogen) atoms. The molecule has 0 aliphatic rings. The van der Waals surface area contributed by atoms with Gasteiger partial charge in [0.1, 0.15) is 0 Å². The zero-order valence-electron chi connectivity index (χ0n) is 38.5. The fourth-order valence-electron chi connectivity index (χ4n) is 9.15. The minimum absolute atomic E-state index is 1.03. The molecule has 0 atom stereocenters. The predicted molar refractivity (Wildman–Crippen MR) is 253 cm³/mol. The van der Waals surface area contributed by atoms with E-state index < -0.39 is 0 Å². The van der Waals surface area contributed by atoms with Crippen LogP contribution in [0.5, 0.6) is 0 Å². The minimum atomic E-state index is 1.03. The second kappa shape index (κ2) is 44.3. The molecule has 0 N–H and O–H groups in total. The number of aryl methyl sites for hydroxylation is 2. The third kappa shape index (κ3) is 36.1. The van der Waals surface area contributed by atoms with Crippen LogP contribution in [-0.4, -0.2) is 0 Å². The molecular weight excluding hydrogens is 661 g/mol. The molecule has 0 heteroatoms. The summed E-state index contributed by atoms with van der Waals surface area (Å²) in [6.07, 6.45) is 66.0. The van der Waals surface area contributed by atoms with Crippen molar-refractivity contribution in [3.8, 4) is 0 Å². The van der Waals surface area contributed by atoms with Crippen molar-refractivity contribution >= 4 is 0 Å². The molecule has 0 aromatic heterocycles. The Morgan fingerprint density at radius 1 is 0.273 bits per heavy atom. The van der Waals surface area contributed by atoms with Gasteiger partial charge in [0.2, 0.25) is 0 Å². The van der Waals surface area contributed by atoms with E-state index in [4.69, 9.17) is 0 Å². The van der Waals surface area contributed by atoms with Crippen molar-refractivity contribution in [1.82, 2.24) is 0 Å². The molecule has 0 heterocycles. The lowest BCUT2D eigenvalue weighted by molar-refractivity contribution is 0.520. The highest BCUT2D eigenvalue weighted by atomic mass is 14.1. The summed E-state index contributed by atoms with van der Waals surface area (Å²) in [6.45, 7) is 8.87. The number of benzene rings is 1. The first-order valence-corrected chi connectivity index (χ1v) is 26.2. The molecule has 1 rings (SSSR count). The maximum absolute atomic E-state index is 4.25. The fraction of sp³-hybridized carbons (Fsp3) is 0.873. The molecule has 0 bridgehead atoms. The second-order valence-electron chi connectivity index (χ2n) is 18.3. The highest BCUT2D eigenvalue weighted by Gasteiger charge is 2.08. The summed E-state index contributed by atoms with van der Waals surface area (Å²) in [5.41, 5.74) is 4.95. The van der Waals surface area contributed by atoms with E-state index in [2.05, 4.69) is 39.0 Å². The van der Waals surface area contributed by atoms with E-state index in [0.29, 0.717) is 0 Å². The van der Waals surface area contributed by atoms with Gasteiger partial charge in [0.15, 0.2) is 0 Å². The summed E-state index contributed by atoms with van der Waals surface area (Å²) in [5.74, 6) is 0. The maximum Gasteiger partial charge on any atom is -0.0273 e. The lowest BCUT2D eigenvalue weighted by Crippen LogP contribution is -2.01. The Morgan fingerprint density at radius 2 is 0.473 bits per heavy atom. The van der Waals surface area contributed by atoms with E-state index in [1.165, 1.54) is 289 Å². The van der Waals surface area contributed by atoms with Crippen molar-refractivity contribution in [3.63, 3.8) is 0 Å². The Kier molecular flexibility index (Phi) is 42.1. The van der Waals surface area contributed by atoms with Gasteiger partial charge in [-0.15, -0.1) is 0 Å². The highest BCUT2D eigenvalue weighted by Crippen LogP contribution is 2.23. The van der Waals surface area contributed by atoms with Gasteiger partial charge in [-0.1, -0.05) is 296 Å². The quantitative estimate of drug-likeness (QED) is 0.0580. The van der Waals surface area contributed by atoms with Crippen molar-refractivity contribution in [3.05, 3.63) is 41.8 Å². The molecule has 1 aromatic carbocycles. The molecule has 0 amide bonds. The zero-order chi connectivity index (χ0) is 39.4. The number of hydrogen-bond donors (Lipinski definition) is 0. The Hall–Kier alpha value is -0.780. The molecule has 0 saturated heterocycles. The molecule has 1 aromatic rings. The SMILES string of the molecule is [CH2]CCc1c(CCCCCCCCCCCCCCCCCCCCCCC)cccc1CCCCCCCCCCCCCCCCCCCCCCC. The van der Waals surface area contributed by atoms with Crippen LogP contribution in [-0.2, 0) is 19.3 Å². The molecule has 0 aliphatic heterocycles. The van der Waals surface area contributed by atoms with Gasteiger partial charge >= 0.3 is 0 Å². The minimum Gasteiger partial charge on any atom is -0.0654 e. The third-order valence-electron chi connectivity index (χ3n) is 12.9. The standard InChI is InChI=1S/C55H103/c1-4-7-9-11-13-15-17-19-21-23-25-27-29-31-33-35-37-39-41-43-45-49-53-51-47-52-54(55(53)48-6-3)50-46-44-42-40-38-36-34-32-30-28-26-24-22-20-18-16-14-12-10-8-5-2/h47,51-52H,3-46,48-50H2,1-2H3. The van der Waals surface area contributed by atoms with Gasteiger partial charge in [-0.25, -0.2) is 0 Å². The molecular formula is C55H103. The molecule has 0 spiro atoms. The summed E-state index contributed by atoms with van der Waals surface area (Å²) in [6, 6.07) is 7.22. The van der Waals surface area contributed by atoms with Gasteiger partial charge in [-0.3, -0.25) is 0 Å². The van der Waals surface area contributed by atoms with Gasteiger partial charge < -0.3 is 0 Å². The molecule has 0 aliphatic carbocycles. The summed E-state index contributed by atoms with van der Waals surface area (Å²) >= 11 is 0. The third-order valence-corrected chi connectivity index (χ3v) is 12.9. The Labute approximate surface area is 349 Å². The first kappa shape index (κ1) is 52.2. The summed E-state index contributed by atoms with van der Waals surface area (Å²) in [7, 11) is 0. The lowest BCUT2D eigenvalue weighted by atomic mass is 9.91. The Balaban J connectivity index is 1.94. The van der Waals surface area contributed by atoms with Crippen molar-refractivity contribution in [2.45, 2.75) is 309 Å². The Morgan fingerprint density at radius 3 is 0.673 bits per heavy atom. The zero-order valence-corrected chi connectivity index (χ0v) is 38.5. The van der Waals surface area contributed by atoms with E-state index in [9.17, 15) is 0 Å². The van der Waals surface area contributed by atoms with Gasteiger partial charge in [-0.2, -0.15) is 0 Å². The molecule has 0 saturated carbocycles. The lowest BCUT2D eigenvalue weighted by Gasteiger charge is -2.15. The van der Waals surface area contributed by atoms with Gasteiger partial charge in [0, 0.05) is 0 Å². The number of unbranched alkanes of at least 4 members (excludes halogenated alkanes) is 40. The van der Waals surface area contributed by atoms with E-state index >= 15 is 0 Å². The second-order valence-corrected chi connectivity index (χ2v) is 18.3. The maximum atomic E-state index is 4.25. The van der Waals surface area contributed by atoms with Crippen LogP contribution >= 0.6 is 0 Å². The van der Waals surface area contributed by atoms with Crippen LogP contribution in [0.25, 0.3) is 0 Å². The predicted octanol–water partition coefficient (Wildman–Crippen LogP) is 20.0. The van der Waals surface area contributed by atoms with Crippen LogP contribution in [0.2, 0.25) is 0 Å². The van der Waals surface area contributed by atoms with E-state index in [1.807, 2.05) is 0 Å². The van der Waals surface area contributed by atoms with Crippen molar-refractivity contribution in [2.75, 3.05) is 0 Å². The highest BCUT2D eigenvalue weighted by molar-refractivity contribution is 5.36. The summed E-state index contributed by atoms with van der Waals surface area (Å²) in [4.78, 5) is 0. The Bertz CT molecular complexity index is 787. The van der Waals surface area contributed by atoms with Crippen LogP contribution in [0, 0.1) is 6.92 Å². The van der Waals surface area contributed by atoms with Gasteiger partial charge in [-0.05, 0) is 55.2 Å². The monoisotopic (exact) mass is 764 g/mol. The van der Waals surface area contributed by atoms with Crippen LogP contribution in [0.4, 0.5) is 0 Å². The average Bonchev–Trinajstić information content (AvgIpc) is 3.20. The first-order valence-electron chi connectivity index (χ1n) is 26.2. The summed E-state index contributed by atoms with van der Waals surface area (Å²) in [5, 5.41) is 0. The van der Waals surface area contributed by atoms with E-state index in [0.717, 1.165) is 6.42 Å². The average molecular weight is 764 g/mol. The van der Waals surface area contributed by atoms with E-state index in [1.54, 1.807) is 16.7 Å².